The Morgan fingerprint density at radius 3 is 2.39 bits per heavy atom. The summed E-state index contributed by atoms with van der Waals surface area (Å²) in [6.07, 6.45) is 1.02. The first kappa shape index (κ1) is 17.2. The maximum Gasteiger partial charge on any atom is 0.256 e. The van der Waals surface area contributed by atoms with Crippen molar-refractivity contribution in [3.8, 4) is 0 Å². The largest absolute Gasteiger partial charge is 0.361 e. The first-order valence-electron chi connectivity index (χ1n) is 7.90. The summed E-state index contributed by atoms with van der Waals surface area (Å²) in [6.45, 7) is 6.20. The van der Waals surface area contributed by atoms with Crippen LogP contribution in [0.25, 0.3) is 0 Å². The van der Waals surface area contributed by atoms with Crippen LogP contribution < -0.4 is 5.32 Å². The van der Waals surface area contributed by atoms with Crippen molar-refractivity contribution in [1.82, 2.24) is 15.4 Å². The summed E-state index contributed by atoms with van der Waals surface area (Å²) in [5.74, 6) is 0.409. The number of amides is 1. The number of nitrogens with zero attached hydrogens (tertiary/aromatic N) is 2. The number of carbonyl (C=O) groups is 1. The zero-order valence-corrected chi connectivity index (χ0v) is 14.5. The molecule has 23 heavy (non-hydrogen) atoms. The lowest BCUT2D eigenvalue weighted by Gasteiger charge is -2.25. The Bertz CT molecular complexity index is 640. The summed E-state index contributed by atoms with van der Waals surface area (Å²) < 4.78 is 5.06. The van der Waals surface area contributed by atoms with Crippen molar-refractivity contribution in [2.45, 2.75) is 33.2 Å². The minimum atomic E-state index is -0.140. The molecule has 0 aliphatic carbocycles. The van der Waals surface area contributed by atoms with Crippen molar-refractivity contribution < 1.29 is 9.32 Å². The minimum absolute atomic E-state index is 0.116. The number of likely N-dealkylation sites (N-methyl/N-ethyl adjacent to an activating group) is 1. The van der Waals surface area contributed by atoms with Crippen molar-refractivity contribution in [2.24, 2.45) is 0 Å². The average molecular weight is 315 g/mol. The Morgan fingerprint density at radius 2 is 1.91 bits per heavy atom. The van der Waals surface area contributed by atoms with Crippen molar-refractivity contribution >= 4 is 5.91 Å². The van der Waals surface area contributed by atoms with Crippen LogP contribution in [-0.2, 0) is 6.42 Å². The molecule has 0 bridgehead atoms. The molecule has 0 spiro atoms. The second kappa shape index (κ2) is 7.42. The van der Waals surface area contributed by atoms with E-state index in [4.69, 9.17) is 4.52 Å². The van der Waals surface area contributed by atoms with Crippen molar-refractivity contribution in [3.63, 3.8) is 0 Å². The zero-order chi connectivity index (χ0) is 17.0. The van der Waals surface area contributed by atoms with E-state index in [1.54, 1.807) is 13.8 Å². The van der Waals surface area contributed by atoms with Gasteiger partial charge in [0.1, 0.15) is 11.3 Å². The molecule has 0 aliphatic heterocycles. The monoisotopic (exact) mass is 315 g/mol. The van der Waals surface area contributed by atoms with Gasteiger partial charge in [0.25, 0.3) is 5.91 Å². The summed E-state index contributed by atoms with van der Waals surface area (Å²) in [6, 6.07) is 8.66. The third kappa shape index (κ3) is 3.99. The third-order valence-electron chi connectivity index (χ3n) is 4.11. The number of rotatable bonds is 6. The summed E-state index contributed by atoms with van der Waals surface area (Å²) >= 11 is 0. The number of aromatic nitrogens is 1. The van der Waals surface area contributed by atoms with E-state index >= 15 is 0 Å². The lowest BCUT2D eigenvalue weighted by atomic mass is 10.0. The molecular weight excluding hydrogens is 290 g/mol. The van der Waals surface area contributed by atoms with Gasteiger partial charge in [-0.05, 0) is 45.5 Å². The molecule has 1 atom stereocenters. The molecule has 2 aromatic rings. The average Bonchev–Trinajstić information content (AvgIpc) is 2.86. The van der Waals surface area contributed by atoms with Gasteiger partial charge in [-0.3, -0.25) is 4.79 Å². The lowest BCUT2D eigenvalue weighted by molar-refractivity contribution is 0.0940. The Balaban J connectivity index is 2.09. The van der Waals surface area contributed by atoms with Crippen LogP contribution in [0.2, 0.25) is 0 Å². The fourth-order valence-corrected chi connectivity index (χ4v) is 2.66. The molecule has 0 unspecified atom stereocenters. The highest BCUT2D eigenvalue weighted by atomic mass is 16.5. The smallest absolute Gasteiger partial charge is 0.256 e. The van der Waals surface area contributed by atoms with Crippen LogP contribution in [0.1, 0.15) is 45.9 Å². The molecule has 2 rings (SSSR count). The number of nitrogens with one attached hydrogen (secondary N) is 1. The number of benzene rings is 1. The van der Waals surface area contributed by atoms with E-state index in [1.807, 2.05) is 14.1 Å². The Hall–Kier alpha value is -2.14. The van der Waals surface area contributed by atoms with Crippen LogP contribution in [0.15, 0.2) is 28.8 Å². The van der Waals surface area contributed by atoms with E-state index in [-0.39, 0.29) is 11.9 Å². The Labute approximate surface area is 137 Å². The van der Waals surface area contributed by atoms with E-state index in [9.17, 15) is 4.79 Å². The summed E-state index contributed by atoms with van der Waals surface area (Å²) in [5, 5.41) is 6.83. The Morgan fingerprint density at radius 1 is 1.26 bits per heavy atom. The van der Waals surface area contributed by atoms with Crippen LogP contribution in [0.3, 0.4) is 0 Å². The van der Waals surface area contributed by atoms with Gasteiger partial charge in [0, 0.05) is 6.54 Å². The number of hydrogen-bond donors (Lipinski definition) is 1. The molecular formula is C18H25N3O2. The highest BCUT2D eigenvalue weighted by molar-refractivity contribution is 5.96. The summed E-state index contributed by atoms with van der Waals surface area (Å²) in [7, 11) is 4.03. The van der Waals surface area contributed by atoms with Crippen LogP contribution in [0.4, 0.5) is 0 Å². The third-order valence-corrected chi connectivity index (χ3v) is 4.11. The second-order valence-electron chi connectivity index (χ2n) is 5.98. The first-order valence-corrected chi connectivity index (χ1v) is 7.90. The fraction of sp³-hybridized carbons (Fsp3) is 0.444. The standard InChI is InChI=1S/C18H25N3O2/c1-6-14-7-9-15(10-8-14)16(21(4)5)11-19-18(22)17-12(2)20-23-13(17)3/h7-10,16H,6,11H2,1-5H3,(H,19,22)/t16-/m0/s1. The summed E-state index contributed by atoms with van der Waals surface area (Å²) in [4.78, 5) is 14.5. The number of hydrogen-bond acceptors (Lipinski definition) is 4. The van der Waals surface area contributed by atoms with Crippen molar-refractivity contribution in [1.29, 1.82) is 0 Å². The molecule has 1 aromatic carbocycles. The molecule has 0 saturated carbocycles. The maximum absolute atomic E-state index is 12.4. The van der Waals surface area contributed by atoms with Crippen LogP contribution in [0.5, 0.6) is 0 Å². The molecule has 0 radical (unpaired) electrons. The van der Waals surface area contributed by atoms with Gasteiger partial charge in [-0.15, -0.1) is 0 Å². The van der Waals surface area contributed by atoms with Gasteiger partial charge < -0.3 is 14.7 Å². The van der Waals surface area contributed by atoms with Crippen molar-refractivity contribution in [2.75, 3.05) is 20.6 Å². The van der Waals surface area contributed by atoms with Crippen LogP contribution in [-0.4, -0.2) is 36.6 Å². The molecule has 0 saturated heterocycles. The molecule has 1 N–H and O–H groups in total. The Kier molecular flexibility index (Phi) is 5.55. The van der Waals surface area contributed by atoms with Gasteiger partial charge in [-0.2, -0.15) is 0 Å². The highest BCUT2D eigenvalue weighted by Gasteiger charge is 2.20. The van der Waals surface area contributed by atoms with Gasteiger partial charge in [0.15, 0.2) is 0 Å². The van der Waals surface area contributed by atoms with Crippen molar-refractivity contribution in [3.05, 3.63) is 52.4 Å². The SMILES string of the molecule is CCc1ccc([C@H](CNC(=O)c2c(C)noc2C)N(C)C)cc1. The molecule has 0 aliphatic rings. The van der Waals surface area contributed by atoms with E-state index in [2.05, 4.69) is 46.6 Å². The highest BCUT2D eigenvalue weighted by Crippen LogP contribution is 2.19. The second-order valence-corrected chi connectivity index (χ2v) is 5.98. The topological polar surface area (TPSA) is 58.4 Å². The minimum Gasteiger partial charge on any atom is -0.361 e. The molecule has 1 aromatic heterocycles. The number of aryl methyl sites for hydroxylation is 3. The van der Waals surface area contributed by atoms with E-state index in [0.29, 0.717) is 23.6 Å². The predicted octanol–water partition coefficient (Wildman–Crippen LogP) is 2.89. The fourth-order valence-electron chi connectivity index (χ4n) is 2.66. The molecule has 124 valence electrons. The van der Waals surface area contributed by atoms with E-state index in [0.717, 1.165) is 6.42 Å². The maximum atomic E-state index is 12.4. The van der Waals surface area contributed by atoms with Gasteiger partial charge >= 0.3 is 0 Å². The van der Waals surface area contributed by atoms with Crippen LogP contribution >= 0.6 is 0 Å². The van der Waals surface area contributed by atoms with Gasteiger partial charge in [0.05, 0.1) is 11.7 Å². The molecule has 1 amide bonds. The number of carbonyl (C=O) groups excluding carboxylic acids is 1. The predicted molar refractivity (Wildman–Crippen MR) is 90.6 cm³/mol. The van der Waals surface area contributed by atoms with E-state index < -0.39 is 0 Å². The summed E-state index contributed by atoms with van der Waals surface area (Å²) in [5.41, 5.74) is 3.65. The van der Waals surface area contributed by atoms with Gasteiger partial charge in [-0.25, -0.2) is 0 Å². The molecule has 0 fully saturated rings. The van der Waals surface area contributed by atoms with Crippen LogP contribution in [0, 0.1) is 13.8 Å². The quantitative estimate of drug-likeness (QED) is 0.890. The molecule has 5 nitrogen and oxygen atoms in total. The lowest BCUT2D eigenvalue weighted by Crippen LogP contribution is -2.34. The van der Waals surface area contributed by atoms with Gasteiger partial charge in [0.2, 0.25) is 0 Å². The first-order chi connectivity index (χ1) is 10.9. The van der Waals surface area contributed by atoms with E-state index in [1.165, 1.54) is 11.1 Å². The molecule has 5 heteroatoms. The zero-order valence-electron chi connectivity index (χ0n) is 14.5. The molecule has 1 heterocycles. The van der Waals surface area contributed by atoms with Gasteiger partial charge in [-0.1, -0.05) is 36.3 Å². The normalized spacial score (nSPS) is 12.4.